The highest BCUT2D eigenvalue weighted by molar-refractivity contribution is 6.41. The number of benzene rings is 2. The lowest BCUT2D eigenvalue weighted by molar-refractivity contribution is -0.216. The summed E-state index contributed by atoms with van der Waals surface area (Å²) in [5, 5.41) is 31.1. The maximum atomic E-state index is 14.2. The molecule has 2 aromatic rings. The van der Waals surface area contributed by atoms with E-state index in [4.69, 9.17) is 14.2 Å². The molecule has 3 aliphatic heterocycles. The van der Waals surface area contributed by atoms with Crippen molar-refractivity contribution in [1.82, 2.24) is 4.90 Å². The average Bonchev–Trinajstić information content (AvgIpc) is 3.21. The van der Waals surface area contributed by atoms with E-state index in [2.05, 4.69) is 0 Å². The molecular weight excluding hydrogens is 494 g/mol. The summed E-state index contributed by atoms with van der Waals surface area (Å²) >= 11 is 0. The van der Waals surface area contributed by atoms with Crippen LogP contribution in [-0.2, 0) is 14.3 Å². The number of aliphatic hydroxyl groups excluding tert-OH is 2. The lowest BCUT2D eigenvalue weighted by Crippen LogP contribution is -2.48. The average molecular weight is 522 g/mol. The third-order valence-electron chi connectivity index (χ3n) is 7.65. The van der Waals surface area contributed by atoms with Gasteiger partial charge in [-0.3, -0.25) is 9.59 Å². The Bertz CT molecular complexity index is 1420. The first-order valence-electron chi connectivity index (χ1n) is 12.6. The number of hydrogen-bond donors (Lipinski definition) is 3. The molecular formula is C28H27NO9. The number of phenolic OH excluding ortho intramolecular Hbond substituents is 1. The van der Waals surface area contributed by atoms with Gasteiger partial charge in [-0.1, -0.05) is 19.1 Å². The molecule has 38 heavy (non-hydrogen) atoms. The van der Waals surface area contributed by atoms with Crippen LogP contribution in [0, 0.1) is 6.92 Å². The van der Waals surface area contributed by atoms with Crippen molar-refractivity contribution in [1.29, 1.82) is 0 Å². The third-order valence-corrected chi connectivity index (χ3v) is 7.65. The molecule has 0 radical (unpaired) electrons. The number of ether oxygens (including phenoxy) is 3. The zero-order chi connectivity index (χ0) is 27.0. The van der Waals surface area contributed by atoms with E-state index in [-0.39, 0.29) is 45.9 Å². The number of fused-ring (bicyclic) bond motifs is 6. The summed E-state index contributed by atoms with van der Waals surface area (Å²) in [6.07, 6.45) is -4.53. The van der Waals surface area contributed by atoms with E-state index in [0.29, 0.717) is 17.5 Å². The highest BCUT2D eigenvalue weighted by Crippen LogP contribution is 2.52. The molecule has 4 aliphatic rings. The molecule has 2 saturated heterocycles. The molecule has 2 aromatic carbocycles. The van der Waals surface area contributed by atoms with Gasteiger partial charge in [-0.25, -0.2) is 4.79 Å². The lowest BCUT2D eigenvalue weighted by Gasteiger charge is -2.39. The number of Topliss-reactive ketones (excluding diaryl/α,β-unsaturated/α-hetero) is 2. The van der Waals surface area contributed by atoms with Crippen LogP contribution in [0.4, 0.5) is 0 Å². The number of phenols is 1. The highest BCUT2D eigenvalue weighted by Gasteiger charge is 2.53. The predicted octanol–water partition coefficient (Wildman–Crippen LogP) is 2.38. The largest absolute Gasteiger partial charge is 0.507 e. The fourth-order valence-electron chi connectivity index (χ4n) is 5.88. The van der Waals surface area contributed by atoms with E-state index < -0.39 is 54.4 Å². The first kappa shape index (κ1) is 24.6. The summed E-state index contributed by atoms with van der Waals surface area (Å²) in [6, 6.07) is 7.05. The Morgan fingerprint density at radius 3 is 2.58 bits per heavy atom. The first-order chi connectivity index (χ1) is 18.1. The predicted molar refractivity (Wildman–Crippen MR) is 131 cm³/mol. The van der Waals surface area contributed by atoms with Crippen LogP contribution in [0.25, 0.3) is 5.57 Å². The van der Waals surface area contributed by atoms with Gasteiger partial charge < -0.3 is 34.4 Å². The van der Waals surface area contributed by atoms with E-state index in [1.165, 1.54) is 23.1 Å². The van der Waals surface area contributed by atoms with E-state index in [0.717, 1.165) is 0 Å². The molecule has 0 saturated carbocycles. The van der Waals surface area contributed by atoms with Crippen LogP contribution in [0.2, 0.25) is 0 Å². The molecule has 1 unspecified atom stereocenters. The van der Waals surface area contributed by atoms with Gasteiger partial charge in [-0.05, 0) is 44.0 Å². The number of carbonyl (C=O) groups is 3. The number of esters is 1. The standard InChI is InChI=1S/C28H27NO9/c1-4-15-28(35)38-27-14-8-11(2)9-16(30)20(14)22-23(29(15)27)26(34)21-13(25(22)33)6-5-7-18(21)37-19-10-17(31)24(32)12(3)36-19/h5-9,12,15,17,19,24,27,30-32H,4,10H2,1-3H3/t12-,15-,17+,19?,24-,27+/m0/s1. The van der Waals surface area contributed by atoms with Gasteiger partial charge in [0.15, 0.2) is 5.78 Å². The number of nitrogens with zero attached hydrogens (tertiary/aromatic N) is 1. The lowest BCUT2D eigenvalue weighted by atomic mass is 9.78. The molecule has 0 spiro atoms. The molecule has 6 atom stereocenters. The fraction of sp³-hybridized carbons (Fsp3) is 0.393. The van der Waals surface area contributed by atoms with Crippen LogP contribution in [0.3, 0.4) is 0 Å². The van der Waals surface area contributed by atoms with Gasteiger partial charge in [0.05, 0.1) is 23.3 Å². The SMILES string of the molecule is CC[C@H]1C(=O)O[C@@H]2c3cc(C)cc(O)c3C3=C(C(=O)c4c(OC5C[C@@H](O)[C@@H](O)[C@H](C)O5)cccc4C3=O)N21. The van der Waals surface area contributed by atoms with Crippen molar-refractivity contribution in [2.24, 2.45) is 0 Å². The smallest absolute Gasteiger partial charge is 0.331 e. The maximum absolute atomic E-state index is 14.2. The van der Waals surface area contributed by atoms with Crippen LogP contribution in [0.1, 0.15) is 70.3 Å². The van der Waals surface area contributed by atoms with Crippen molar-refractivity contribution in [2.45, 2.75) is 70.5 Å². The minimum absolute atomic E-state index is 0.00359. The van der Waals surface area contributed by atoms with Crippen LogP contribution in [0.5, 0.6) is 11.5 Å². The van der Waals surface area contributed by atoms with Crippen LogP contribution >= 0.6 is 0 Å². The number of ketones is 2. The highest BCUT2D eigenvalue weighted by atomic mass is 16.7. The van der Waals surface area contributed by atoms with Crippen LogP contribution in [-0.4, -0.2) is 68.4 Å². The monoisotopic (exact) mass is 521 g/mol. The topological polar surface area (TPSA) is 143 Å². The Labute approximate surface area is 218 Å². The number of allylic oxidation sites excluding steroid dienone is 2. The molecule has 3 heterocycles. The van der Waals surface area contributed by atoms with Crippen molar-refractivity contribution < 1.29 is 43.9 Å². The summed E-state index contributed by atoms with van der Waals surface area (Å²) in [4.78, 5) is 42.6. The number of aromatic hydroxyl groups is 1. The van der Waals surface area contributed by atoms with Crippen molar-refractivity contribution in [3.8, 4) is 11.5 Å². The maximum Gasteiger partial charge on any atom is 0.331 e. The van der Waals surface area contributed by atoms with Gasteiger partial charge in [-0.2, -0.15) is 0 Å². The zero-order valence-corrected chi connectivity index (χ0v) is 21.0. The van der Waals surface area contributed by atoms with Crippen LogP contribution in [0.15, 0.2) is 36.0 Å². The Hall–Kier alpha value is -3.73. The quantitative estimate of drug-likeness (QED) is 0.515. The van der Waals surface area contributed by atoms with Crippen molar-refractivity contribution in [3.63, 3.8) is 0 Å². The van der Waals surface area contributed by atoms with Gasteiger partial charge in [0.1, 0.15) is 29.3 Å². The second kappa shape index (κ2) is 8.65. The number of hydrogen-bond acceptors (Lipinski definition) is 10. The molecule has 0 bridgehead atoms. The Morgan fingerprint density at radius 1 is 1.11 bits per heavy atom. The molecule has 2 fully saturated rings. The number of carbonyl (C=O) groups excluding carboxylic acids is 3. The van der Waals surface area contributed by atoms with E-state index >= 15 is 0 Å². The first-order valence-corrected chi connectivity index (χ1v) is 12.6. The number of aliphatic hydroxyl groups is 2. The Kier molecular flexibility index (Phi) is 5.60. The fourth-order valence-corrected chi connectivity index (χ4v) is 5.88. The zero-order valence-electron chi connectivity index (χ0n) is 21.0. The van der Waals surface area contributed by atoms with Gasteiger partial charge >= 0.3 is 5.97 Å². The summed E-state index contributed by atoms with van der Waals surface area (Å²) in [5.41, 5.74) is 1.40. The summed E-state index contributed by atoms with van der Waals surface area (Å²) in [7, 11) is 0. The second-order valence-electron chi connectivity index (χ2n) is 10.1. The van der Waals surface area contributed by atoms with E-state index in [1.54, 1.807) is 32.9 Å². The summed E-state index contributed by atoms with van der Waals surface area (Å²) in [6.45, 7) is 5.16. The van der Waals surface area contributed by atoms with Crippen molar-refractivity contribution >= 4 is 23.1 Å². The molecule has 1 aliphatic carbocycles. The van der Waals surface area contributed by atoms with E-state index in [1.807, 2.05) is 0 Å². The van der Waals surface area contributed by atoms with Crippen LogP contribution < -0.4 is 4.74 Å². The molecule has 6 rings (SSSR count). The molecule has 198 valence electrons. The number of aryl methyl sites for hydroxylation is 1. The summed E-state index contributed by atoms with van der Waals surface area (Å²) in [5.74, 6) is -1.69. The summed E-state index contributed by atoms with van der Waals surface area (Å²) < 4.78 is 17.3. The molecule has 3 N–H and O–H groups in total. The molecule has 0 aromatic heterocycles. The number of rotatable bonds is 3. The molecule has 10 nitrogen and oxygen atoms in total. The minimum Gasteiger partial charge on any atom is -0.507 e. The Balaban J connectivity index is 1.51. The van der Waals surface area contributed by atoms with Crippen molar-refractivity contribution in [2.75, 3.05) is 0 Å². The second-order valence-corrected chi connectivity index (χ2v) is 10.1. The van der Waals surface area contributed by atoms with Gasteiger partial charge in [-0.15, -0.1) is 0 Å². The van der Waals surface area contributed by atoms with Crippen molar-refractivity contribution in [3.05, 3.63) is 63.8 Å². The molecule has 10 heteroatoms. The van der Waals surface area contributed by atoms with Gasteiger partial charge in [0, 0.05) is 23.1 Å². The normalized spacial score (nSPS) is 29.9. The Morgan fingerprint density at radius 2 is 1.87 bits per heavy atom. The van der Waals surface area contributed by atoms with Gasteiger partial charge in [0.25, 0.3) is 0 Å². The molecule has 0 amide bonds. The minimum atomic E-state index is -1.09. The van der Waals surface area contributed by atoms with E-state index in [9.17, 15) is 29.7 Å². The van der Waals surface area contributed by atoms with Gasteiger partial charge in [0.2, 0.25) is 18.3 Å². The third kappa shape index (κ3) is 3.40.